The Kier molecular flexibility index (Phi) is 7.72. The summed E-state index contributed by atoms with van der Waals surface area (Å²) >= 11 is 0. The van der Waals surface area contributed by atoms with E-state index in [0.29, 0.717) is 0 Å². The van der Waals surface area contributed by atoms with Crippen LogP contribution in [0.4, 0.5) is 0 Å². The first-order valence-electron chi connectivity index (χ1n) is 6.68. The first-order chi connectivity index (χ1) is 10.5. The van der Waals surface area contributed by atoms with E-state index in [2.05, 4.69) is 0 Å². The Labute approximate surface area is 127 Å². The normalized spacial score (nSPS) is 17.0. The van der Waals surface area contributed by atoms with Gasteiger partial charge in [-0.05, 0) is 11.6 Å². The van der Waals surface area contributed by atoms with Crippen molar-refractivity contribution in [3.8, 4) is 0 Å². The standard InChI is InChI=1S/C15H20O7/c16-8-11(17)14(20)15(21)12(18)9-22-13(19)7-6-10-4-2-1-3-5-10/h1-7,11-12,14-18,20-21H,8-9H2/b7-6+/t11-,12-,14+,15+/m0/s1. The van der Waals surface area contributed by atoms with E-state index in [9.17, 15) is 20.1 Å². The smallest absolute Gasteiger partial charge is 0.330 e. The van der Waals surface area contributed by atoms with Gasteiger partial charge in [0, 0.05) is 6.08 Å². The molecule has 1 aromatic rings. The fraction of sp³-hybridized carbons (Fsp3) is 0.400. The van der Waals surface area contributed by atoms with E-state index >= 15 is 0 Å². The van der Waals surface area contributed by atoms with Crippen molar-refractivity contribution in [2.75, 3.05) is 13.2 Å². The third-order valence-electron chi connectivity index (χ3n) is 2.93. The number of carbonyl (C=O) groups excluding carboxylic acids is 1. The molecule has 0 radical (unpaired) electrons. The predicted octanol–water partition coefficient (Wildman–Crippen LogP) is -1.32. The molecule has 0 fully saturated rings. The largest absolute Gasteiger partial charge is 0.460 e. The minimum atomic E-state index is -1.76. The quantitative estimate of drug-likeness (QED) is 0.297. The maximum atomic E-state index is 11.4. The summed E-state index contributed by atoms with van der Waals surface area (Å²) in [6.45, 7) is -1.33. The van der Waals surface area contributed by atoms with E-state index < -0.39 is 43.6 Å². The topological polar surface area (TPSA) is 127 Å². The van der Waals surface area contributed by atoms with Gasteiger partial charge in [0.15, 0.2) is 0 Å². The molecule has 5 N–H and O–H groups in total. The highest BCUT2D eigenvalue weighted by Crippen LogP contribution is 2.06. The van der Waals surface area contributed by atoms with Crippen LogP contribution in [0.2, 0.25) is 0 Å². The van der Waals surface area contributed by atoms with Crippen molar-refractivity contribution in [3.05, 3.63) is 42.0 Å². The Morgan fingerprint density at radius 3 is 2.23 bits per heavy atom. The van der Waals surface area contributed by atoms with E-state index in [0.717, 1.165) is 11.6 Å². The summed E-state index contributed by atoms with van der Waals surface area (Å²) in [5.41, 5.74) is 0.793. The molecule has 7 heteroatoms. The first-order valence-corrected chi connectivity index (χ1v) is 6.68. The maximum absolute atomic E-state index is 11.4. The number of aliphatic hydroxyl groups excluding tert-OH is 5. The Balaban J connectivity index is 2.41. The number of hydrogen-bond acceptors (Lipinski definition) is 7. The Bertz CT molecular complexity index is 474. The summed E-state index contributed by atoms with van der Waals surface area (Å²) in [5.74, 6) is -0.729. The van der Waals surface area contributed by atoms with E-state index in [1.165, 1.54) is 6.08 Å². The molecule has 0 bridgehead atoms. The SMILES string of the molecule is O=C(/C=C/c1ccccc1)OC[C@H](O)[C@@H](O)[C@H](O)[C@@H](O)CO. The summed E-state index contributed by atoms with van der Waals surface area (Å²) in [5, 5.41) is 46.3. The molecule has 0 heterocycles. The average molecular weight is 312 g/mol. The molecular weight excluding hydrogens is 292 g/mol. The zero-order chi connectivity index (χ0) is 16.5. The van der Waals surface area contributed by atoms with Crippen LogP contribution in [0.5, 0.6) is 0 Å². The van der Waals surface area contributed by atoms with Crippen LogP contribution in [-0.4, -0.2) is 69.1 Å². The number of rotatable bonds is 8. The number of aliphatic hydroxyl groups is 5. The van der Waals surface area contributed by atoms with Gasteiger partial charge in [-0.25, -0.2) is 4.79 Å². The lowest BCUT2D eigenvalue weighted by Crippen LogP contribution is -2.47. The molecule has 4 atom stereocenters. The monoisotopic (exact) mass is 312 g/mol. The van der Waals surface area contributed by atoms with Gasteiger partial charge in [-0.15, -0.1) is 0 Å². The molecule has 0 aliphatic carbocycles. The zero-order valence-corrected chi connectivity index (χ0v) is 11.8. The maximum Gasteiger partial charge on any atom is 0.330 e. The van der Waals surface area contributed by atoms with E-state index in [4.69, 9.17) is 14.9 Å². The van der Waals surface area contributed by atoms with E-state index in [-0.39, 0.29) is 0 Å². The van der Waals surface area contributed by atoms with Gasteiger partial charge in [-0.1, -0.05) is 30.3 Å². The number of hydrogen-bond donors (Lipinski definition) is 5. The Morgan fingerprint density at radius 1 is 1.05 bits per heavy atom. The minimum Gasteiger partial charge on any atom is -0.460 e. The number of carbonyl (C=O) groups is 1. The molecule has 0 spiro atoms. The summed E-state index contributed by atoms with van der Waals surface area (Å²) in [4.78, 5) is 11.4. The summed E-state index contributed by atoms with van der Waals surface area (Å²) < 4.78 is 4.72. The fourth-order valence-electron chi connectivity index (χ4n) is 1.61. The average Bonchev–Trinajstić information content (AvgIpc) is 2.56. The van der Waals surface area contributed by atoms with Crippen molar-refractivity contribution < 1.29 is 35.1 Å². The fourth-order valence-corrected chi connectivity index (χ4v) is 1.61. The van der Waals surface area contributed by atoms with E-state index in [1.54, 1.807) is 24.3 Å². The van der Waals surface area contributed by atoms with Crippen molar-refractivity contribution in [1.29, 1.82) is 0 Å². The highest BCUT2D eigenvalue weighted by Gasteiger charge is 2.30. The molecule has 0 amide bonds. The van der Waals surface area contributed by atoms with Gasteiger partial charge in [0.1, 0.15) is 31.0 Å². The second kappa shape index (κ2) is 9.29. The van der Waals surface area contributed by atoms with E-state index in [1.807, 2.05) is 6.07 Å². The molecule has 1 rings (SSSR count). The third-order valence-corrected chi connectivity index (χ3v) is 2.93. The van der Waals surface area contributed by atoms with Crippen LogP contribution in [0.3, 0.4) is 0 Å². The van der Waals surface area contributed by atoms with Crippen LogP contribution in [-0.2, 0) is 9.53 Å². The second-order valence-corrected chi connectivity index (χ2v) is 4.67. The van der Waals surface area contributed by atoms with Crippen LogP contribution < -0.4 is 0 Å². The van der Waals surface area contributed by atoms with Gasteiger partial charge in [-0.3, -0.25) is 0 Å². The molecule has 0 saturated carbocycles. The van der Waals surface area contributed by atoms with Gasteiger partial charge in [0.25, 0.3) is 0 Å². The molecule has 7 nitrogen and oxygen atoms in total. The van der Waals surface area contributed by atoms with Gasteiger partial charge < -0.3 is 30.3 Å². The van der Waals surface area contributed by atoms with Gasteiger partial charge >= 0.3 is 5.97 Å². The van der Waals surface area contributed by atoms with Gasteiger partial charge in [0.2, 0.25) is 0 Å². The molecule has 0 aromatic heterocycles. The third kappa shape index (κ3) is 5.92. The van der Waals surface area contributed by atoms with Crippen LogP contribution in [0.25, 0.3) is 6.08 Å². The lowest BCUT2D eigenvalue weighted by molar-refractivity contribution is -0.151. The van der Waals surface area contributed by atoms with Crippen molar-refractivity contribution in [1.82, 2.24) is 0 Å². The van der Waals surface area contributed by atoms with Gasteiger partial charge in [0.05, 0.1) is 6.61 Å². The molecule has 0 aliphatic heterocycles. The lowest BCUT2D eigenvalue weighted by atomic mass is 10.0. The number of esters is 1. The number of benzene rings is 1. The molecule has 0 aliphatic rings. The lowest BCUT2D eigenvalue weighted by Gasteiger charge is -2.25. The summed E-state index contributed by atoms with van der Waals surface area (Å²) in [7, 11) is 0. The molecular formula is C15H20O7. The van der Waals surface area contributed by atoms with Crippen LogP contribution in [0.1, 0.15) is 5.56 Å². The van der Waals surface area contributed by atoms with Crippen LogP contribution in [0.15, 0.2) is 36.4 Å². The highest BCUT2D eigenvalue weighted by molar-refractivity contribution is 5.87. The summed E-state index contributed by atoms with van der Waals surface area (Å²) in [6, 6.07) is 9.02. The van der Waals surface area contributed by atoms with Crippen molar-refractivity contribution in [2.24, 2.45) is 0 Å². The molecule has 0 saturated heterocycles. The minimum absolute atomic E-state index is 0.561. The zero-order valence-electron chi connectivity index (χ0n) is 11.8. The Hall–Kier alpha value is -1.77. The molecule has 1 aromatic carbocycles. The van der Waals surface area contributed by atoms with Gasteiger partial charge in [-0.2, -0.15) is 0 Å². The predicted molar refractivity (Wildman–Crippen MR) is 77.5 cm³/mol. The summed E-state index contributed by atoms with van der Waals surface area (Å²) in [6.07, 6.45) is -4.02. The molecule has 0 unspecified atom stereocenters. The van der Waals surface area contributed by atoms with Crippen LogP contribution in [0, 0.1) is 0 Å². The first kappa shape index (κ1) is 18.3. The van der Waals surface area contributed by atoms with Crippen molar-refractivity contribution in [3.63, 3.8) is 0 Å². The molecule has 122 valence electrons. The molecule has 22 heavy (non-hydrogen) atoms. The van der Waals surface area contributed by atoms with Crippen LogP contribution >= 0.6 is 0 Å². The van der Waals surface area contributed by atoms with Crippen molar-refractivity contribution in [2.45, 2.75) is 24.4 Å². The van der Waals surface area contributed by atoms with Crippen molar-refractivity contribution >= 4 is 12.0 Å². The Morgan fingerprint density at radius 2 is 1.64 bits per heavy atom. The highest BCUT2D eigenvalue weighted by atomic mass is 16.5. The number of ether oxygens (including phenoxy) is 1. The second-order valence-electron chi connectivity index (χ2n) is 4.67.